The topological polar surface area (TPSA) is 41.5 Å². The molecule has 0 saturated carbocycles. The molecule has 1 atom stereocenters. The van der Waals surface area contributed by atoms with Crippen LogP contribution < -0.4 is 10.1 Å². The minimum atomic E-state index is 0.177. The van der Waals surface area contributed by atoms with Crippen LogP contribution in [0.25, 0.3) is 0 Å². The van der Waals surface area contributed by atoms with E-state index in [4.69, 9.17) is 4.74 Å². The smallest absolute Gasteiger partial charge is 0.119 e. The summed E-state index contributed by atoms with van der Waals surface area (Å²) in [5.74, 6) is 1.17. The molecule has 3 nitrogen and oxygen atoms in total. The Morgan fingerprint density at radius 3 is 2.67 bits per heavy atom. The van der Waals surface area contributed by atoms with E-state index in [1.165, 1.54) is 11.1 Å². The van der Waals surface area contributed by atoms with Gasteiger partial charge >= 0.3 is 0 Å². The summed E-state index contributed by atoms with van der Waals surface area (Å²) in [5.41, 5.74) is 3.70. The molecule has 3 rings (SSSR count). The fourth-order valence-corrected chi connectivity index (χ4v) is 2.42. The standard InChI is InChI=1S/C15H15NO2/c1-18-13-7-4-11-9-16-15(14(11)8-13)10-2-5-12(17)6-3-10/h2-8,15-17H,9H2,1H3. The Bertz CT molecular complexity index is 563. The van der Waals surface area contributed by atoms with Gasteiger partial charge in [0.1, 0.15) is 11.5 Å². The highest BCUT2D eigenvalue weighted by Crippen LogP contribution is 2.33. The number of nitrogens with one attached hydrogen (secondary N) is 1. The maximum absolute atomic E-state index is 9.34. The molecule has 1 aliphatic heterocycles. The third-order valence-electron chi connectivity index (χ3n) is 3.39. The summed E-state index contributed by atoms with van der Waals surface area (Å²) in [7, 11) is 1.68. The van der Waals surface area contributed by atoms with Crippen LogP contribution in [-0.4, -0.2) is 12.2 Å². The number of hydrogen-bond acceptors (Lipinski definition) is 3. The average molecular weight is 241 g/mol. The number of aromatic hydroxyl groups is 1. The van der Waals surface area contributed by atoms with Crippen LogP contribution >= 0.6 is 0 Å². The molecule has 18 heavy (non-hydrogen) atoms. The van der Waals surface area contributed by atoms with Gasteiger partial charge in [0.25, 0.3) is 0 Å². The molecule has 3 heteroatoms. The van der Waals surface area contributed by atoms with Crippen LogP contribution in [0.15, 0.2) is 42.5 Å². The average Bonchev–Trinajstić information content (AvgIpc) is 2.82. The lowest BCUT2D eigenvalue weighted by atomic mass is 9.98. The van der Waals surface area contributed by atoms with Crippen molar-refractivity contribution in [2.24, 2.45) is 0 Å². The van der Waals surface area contributed by atoms with Crippen molar-refractivity contribution in [3.8, 4) is 11.5 Å². The van der Waals surface area contributed by atoms with Crippen molar-refractivity contribution in [2.45, 2.75) is 12.6 Å². The van der Waals surface area contributed by atoms with Gasteiger partial charge in [-0.25, -0.2) is 0 Å². The fourth-order valence-electron chi connectivity index (χ4n) is 2.42. The Hall–Kier alpha value is -2.00. The Labute approximate surface area is 106 Å². The summed E-state index contributed by atoms with van der Waals surface area (Å²) in [4.78, 5) is 0. The highest BCUT2D eigenvalue weighted by molar-refractivity contribution is 5.45. The molecule has 2 aromatic carbocycles. The number of phenolic OH excluding ortho intramolecular Hbond substituents is 1. The number of ether oxygens (including phenoxy) is 1. The molecule has 0 amide bonds. The summed E-state index contributed by atoms with van der Waals surface area (Å²) < 4.78 is 5.27. The number of methoxy groups -OCH3 is 1. The van der Waals surface area contributed by atoms with Crippen molar-refractivity contribution in [1.29, 1.82) is 0 Å². The lowest BCUT2D eigenvalue weighted by Gasteiger charge is -2.13. The zero-order chi connectivity index (χ0) is 12.5. The summed E-state index contributed by atoms with van der Waals surface area (Å²) >= 11 is 0. The van der Waals surface area contributed by atoms with Crippen molar-refractivity contribution >= 4 is 0 Å². The van der Waals surface area contributed by atoms with Gasteiger partial charge < -0.3 is 15.2 Å². The van der Waals surface area contributed by atoms with Crippen molar-refractivity contribution in [3.63, 3.8) is 0 Å². The normalized spacial score (nSPS) is 17.5. The molecule has 2 N–H and O–H groups in total. The van der Waals surface area contributed by atoms with Crippen molar-refractivity contribution in [2.75, 3.05) is 7.11 Å². The molecule has 0 aromatic heterocycles. The van der Waals surface area contributed by atoms with Gasteiger partial charge in [-0.1, -0.05) is 18.2 Å². The van der Waals surface area contributed by atoms with Gasteiger partial charge in [-0.05, 0) is 41.0 Å². The Morgan fingerprint density at radius 2 is 1.94 bits per heavy atom. The minimum absolute atomic E-state index is 0.177. The molecule has 1 aliphatic rings. The first kappa shape index (κ1) is 11.1. The lowest BCUT2D eigenvalue weighted by Crippen LogP contribution is -2.13. The molecule has 2 aromatic rings. The van der Waals surface area contributed by atoms with E-state index in [1.807, 2.05) is 18.2 Å². The number of rotatable bonds is 2. The summed E-state index contributed by atoms with van der Waals surface area (Å²) in [6.07, 6.45) is 0. The second kappa shape index (κ2) is 4.35. The second-order valence-electron chi connectivity index (χ2n) is 4.47. The lowest BCUT2D eigenvalue weighted by molar-refractivity contribution is 0.414. The molecule has 0 bridgehead atoms. The van der Waals surface area contributed by atoms with Crippen LogP contribution in [0.3, 0.4) is 0 Å². The quantitative estimate of drug-likeness (QED) is 0.849. The first-order valence-electron chi connectivity index (χ1n) is 5.97. The molecule has 0 spiro atoms. The molecule has 1 heterocycles. The Morgan fingerprint density at radius 1 is 1.17 bits per heavy atom. The first-order valence-corrected chi connectivity index (χ1v) is 5.97. The number of fused-ring (bicyclic) bond motifs is 1. The SMILES string of the molecule is COc1ccc2c(c1)C(c1ccc(O)cc1)NC2. The molecule has 0 saturated heterocycles. The van der Waals surface area contributed by atoms with E-state index >= 15 is 0 Å². The third-order valence-corrected chi connectivity index (χ3v) is 3.39. The Balaban J connectivity index is 2.00. The van der Waals surface area contributed by atoms with Crippen LogP contribution in [0.5, 0.6) is 11.5 Å². The molecule has 1 unspecified atom stereocenters. The maximum Gasteiger partial charge on any atom is 0.119 e. The largest absolute Gasteiger partial charge is 0.508 e. The van der Waals surface area contributed by atoms with Gasteiger partial charge in [0.05, 0.1) is 13.2 Å². The van der Waals surface area contributed by atoms with Gasteiger partial charge in [-0.15, -0.1) is 0 Å². The van der Waals surface area contributed by atoms with Crippen molar-refractivity contribution < 1.29 is 9.84 Å². The van der Waals surface area contributed by atoms with Gasteiger partial charge in [-0.3, -0.25) is 0 Å². The molecular weight excluding hydrogens is 226 g/mol. The molecule has 92 valence electrons. The van der Waals surface area contributed by atoms with E-state index in [2.05, 4.69) is 17.4 Å². The summed E-state index contributed by atoms with van der Waals surface area (Å²) in [6.45, 7) is 0.866. The van der Waals surface area contributed by atoms with Gasteiger partial charge in [0.15, 0.2) is 0 Å². The predicted octanol–water partition coefficient (Wildman–Crippen LogP) is 2.59. The maximum atomic E-state index is 9.34. The van der Waals surface area contributed by atoms with E-state index < -0.39 is 0 Å². The zero-order valence-electron chi connectivity index (χ0n) is 10.2. The van der Waals surface area contributed by atoms with E-state index in [-0.39, 0.29) is 6.04 Å². The highest BCUT2D eigenvalue weighted by atomic mass is 16.5. The Kier molecular flexibility index (Phi) is 2.68. The summed E-state index contributed by atoms with van der Waals surface area (Å²) in [6, 6.07) is 13.7. The van der Waals surface area contributed by atoms with Crippen LogP contribution in [0.4, 0.5) is 0 Å². The zero-order valence-corrected chi connectivity index (χ0v) is 10.2. The second-order valence-corrected chi connectivity index (χ2v) is 4.47. The first-order chi connectivity index (χ1) is 8.78. The number of phenols is 1. The summed E-state index contributed by atoms with van der Waals surface area (Å²) in [5, 5.41) is 12.8. The molecular formula is C15H15NO2. The van der Waals surface area contributed by atoms with E-state index in [1.54, 1.807) is 19.2 Å². The van der Waals surface area contributed by atoms with Crippen molar-refractivity contribution in [1.82, 2.24) is 5.32 Å². The number of hydrogen-bond donors (Lipinski definition) is 2. The van der Waals surface area contributed by atoms with Gasteiger partial charge in [0, 0.05) is 6.54 Å². The predicted molar refractivity (Wildman–Crippen MR) is 69.8 cm³/mol. The molecule has 0 radical (unpaired) electrons. The third kappa shape index (κ3) is 1.83. The number of benzene rings is 2. The monoisotopic (exact) mass is 241 g/mol. The molecule has 0 aliphatic carbocycles. The van der Waals surface area contributed by atoms with Crippen LogP contribution in [0.2, 0.25) is 0 Å². The van der Waals surface area contributed by atoms with Gasteiger partial charge in [-0.2, -0.15) is 0 Å². The van der Waals surface area contributed by atoms with Crippen molar-refractivity contribution in [3.05, 3.63) is 59.2 Å². The van der Waals surface area contributed by atoms with Crippen LogP contribution in [0, 0.1) is 0 Å². The molecule has 0 fully saturated rings. The van der Waals surface area contributed by atoms with Crippen LogP contribution in [0.1, 0.15) is 22.7 Å². The van der Waals surface area contributed by atoms with E-state index in [9.17, 15) is 5.11 Å². The van der Waals surface area contributed by atoms with Crippen LogP contribution in [-0.2, 0) is 6.54 Å². The van der Waals surface area contributed by atoms with Gasteiger partial charge in [0.2, 0.25) is 0 Å². The van der Waals surface area contributed by atoms with E-state index in [0.29, 0.717) is 5.75 Å². The minimum Gasteiger partial charge on any atom is -0.508 e. The fraction of sp³-hybridized carbons (Fsp3) is 0.200. The van der Waals surface area contributed by atoms with E-state index in [0.717, 1.165) is 17.9 Å². The highest BCUT2D eigenvalue weighted by Gasteiger charge is 2.23.